The average molecular weight is 349 g/mol. The molecule has 2 atom stereocenters. The predicted octanol–water partition coefficient (Wildman–Crippen LogP) is 0.551. The maximum atomic E-state index is 12.9. The molecule has 1 aliphatic carbocycles. The highest BCUT2D eigenvalue weighted by Crippen LogP contribution is 2.44. The second kappa shape index (κ2) is 5.72. The summed E-state index contributed by atoms with van der Waals surface area (Å²) in [5.74, 6) is 0.876. The van der Waals surface area contributed by atoms with Gasteiger partial charge in [0.1, 0.15) is 0 Å². The molecule has 2 bridgehead atoms. The molecule has 3 saturated heterocycles. The normalized spacial score (nSPS) is 36.8. The summed E-state index contributed by atoms with van der Waals surface area (Å²) in [5, 5.41) is 4.60. The highest BCUT2D eigenvalue weighted by atomic mass is 35.5. The minimum Gasteiger partial charge on any atom is -0.327 e. The Morgan fingerprint density at radius 1 is 1.17 bits per heavy atom. The Kier molecular flexibility index (Phi) is 3.78. The van der Waals surface area contributed by atoms with E-state index in [1.807, 2.05) is 11.2 Å². The number of hydrogen-bond donors (Lipinski definition) is 2. The van der Waals surface area contributed by atoms with E-state index >= 15 is 0 Å². The van der Waals surface area contributed by atoms with Crippen molar-refractivity contribution in [2.45, 2.75) is 12.8 Å². The lowest BCUT2D eigenvalue weighted by atomic mass is 9.67. The molecule has 0 saturated carbocycles. The lowest BCUT2D eigenvalue weighted by Crippen LogP contribution is -2.51. The van der Waals surface area contributed by atoms with Crippen LogP contribution in [0.25, 0.3) is 0 Å². The maximum absolute atomic E-state index is 12.9. The zero-order valence-corrected chi connectivity index (χ0v) is 14.1. The fraction of sp³-hybridized carbons (Fsp3) is 0.529. The van der Waals surface area contributed by atoms with Gasteiger partial charge in [-0.1, -0.05) is 0 Å². The van der Waals surface area contributed by atoms with E-state index in [4.69, 9.17) is 0 Å². The number of allylic oxidation sites excluding steroid dienone is 1. The first-order chi connectivity index (χ1) is 11.2. The van der Waals surface area contributed by atoms with Crippen molar-refractivity contribution in [1.29, 1.82) is 0 Å². The molecule has 24 heavy (non-hydrogen) atoms. The van der Waals surface area contributed by atoms with Crippen LogP contribution in [-0.4, -0.2) is 47.8 Å². The molecular weight excluding hydrogens is 328 g/mol. The van der Waals surface area contributed by atoms with Crippen LogP contribution in [0, 0.1) is 17.8 Å². The fourth-order valence-electron chi connectivity index (χ4n) is 4.94. The van der Waals surface area contributed by atoms with Crippen LogP contribution in [0.2, 0.25) is 0 Å². The van der Waals surface area contributed by atoms with Gasteiger partial charge in [0.2, 0.25) is 0 Å². The third kappa shape index (κ3) is 2.17. The first-order valence-corrected chi connectivity index (χ1v) is 8.44. The monoisotopic (exact) mass is 348 g/mol. The Labute approximate surface area is 147 Å². The topological polar surface area (TPSA) is 64.7 Å². The summed E-state index contributed by atoms with van der Waals surface area (Å²) >= 11 is 0. The third-order valence-electron chi connectivity index (χ3n) is 6.03. The molecule has 3 fully saturated rings. The van der Waals surface area contributed by atoms with Gasteiger partial charge in [0.05, 0.1) is 17.2 Å². The SMILES string of the molecule is Cl.O=C1NC=CN2NCC3=C2C1=CC(=O)[C@H]3C1CN2CCC1CC2. The van der Waals surface area contributed by atoms with Crippen molar-refractivity contribution >= 4 is 24.1 Å². The minimum absolute atomic E-state index is 0. The average Bonchev–Trinajstić information content (AvgIpc) is 2.91. The van der Waals surface area contributed by atoms with Crippen molar-refractivity contribution in [3.05, 3.63) is 35.3 Å². The highest BCUT2D eigenvalue weighted by Gasteiger charge is 2.47. The van der Waals surface area contributed by atoms with E-state index in [0.717, 1.165) is 17.8 Å². The number of carbonyl (C=O) groups is 2. The summed E-state index contributed by atoms with van der Waals surface area (Å²) in [5.41, 5.74) is 5.80. The van der Waals surface area contributed by atoms with Crippen LogP contribution < -0.4 is 10.7 Å². The first-order valence-electron chi connectivity index (χ1n) is 8.44. The molecule has 0 radical (unpaired) electrons. The predicted molar refractivity (Wildman–Crippen MR) is 90.6 cm³/mol. The van der Waals surface area contributed by atoms with Crippen molar-refractivity contribution in [3.8, 4) is 0 Å². The van der Waals surface area contributed by atoms with Crippen LogP contribution in [0.3, 0.4) is 0 Å². The van der Waals surface area contributed by atoms with Crippen LogP contribution >= 0.6 is 12.4 Å². The summed E-state index contributed by atoms with van der Waals surface area (Å²) in [6.45, 7) is 4.02. The lowest BCUT2D eigenvalue weighted by molar-refractivity contribution is -0.122. The molecule has 128 valence electrons. The fourth-order valence-corrected chi connectivity index (χ4v) is 4.94. The van der Waals surface area contributed by atoms with Crippen LogP contribution in [0.4, 0.5) is 0 Å². The molecule has 5 aliphatic heterocycles. The van der Waals surface area contributed by atoms with Crippen molar-refractivity contribution < 1.29 is 9.59 Å². The summed E-state index contributed by atoms with van der Waals surface area (Å²) in [6, 6.07) is 0. The molecule has 5 heterocycles. The molecule has 2 N–H and O–H groups in total. The standard InChI is InChI=1S/C17H20N4O2.ClH/c22-14-7-11-16-12(8-19-21(16)6-3-18-17(11)23)15(14)13-9-20-4-1-10(13)2-5-20;/h3,6-7,10,13,15,19H,1-2,4-5,8-9H2,(H,18,23);1H/t13?,15-;/m1./s1. The van der Waals surface area contributed by atoms with Crippen LogP contribution in [0.15, 0.2) is 35.3 Å². The van der Waals surface area contributed by atoms with Crippen molar-refractivity contribution in [2.75, 3.05) is 26.2 Å². The first kappa shape index (κ1) is 15.9. The quantitative estimate of drug-likeness (QED) is 0.724. The Bertz CT molecular complexity index is 691. The number of ketones is 1. The van der Waals surface area contributed by atoms with Crippen LogP contribution in [0.1, 0.15) is 12.8 Å². The van der Waals surface area contributed by atoms with Crippen LogP contribution in [0.5, 0.6) is 0 Å². The molecular formula is C17H21ClN4O2. The summed E-state index contributed by atoms with van der Waals surface area (Å²) < 4.78 is 0. The zero-order valence-electron chi connectivity index (χ0n) is 13.3. The lowest BCUT2D eigenvalue weighted by Gasteiger charge is -2.48. The molecule has 0 aromatic rings. The van der Waals surface area contributed by atoms with E-state index in [1.165, 1.54) is 25.9 Å². The molecule has 6 nitrogen and oxygen atoms in total. The van der Waals surface area contributed by atoms with Crippen LogP contribution in [-0.2, 0) is 9.59 Å². The Hall–Kier alpha value is -1.63. The van der Waals surface area contributed by atoms with E-state index in [1.54, 1.807) is 12.3 Å². The molecule has 1 unspecified atom stereocenters. The van der Waals surface area contributed by atoms with E-state index in [-0.39, 0.29) is 30.0 Å². The number of halogens is 1. The van der Waals surface area contributed by atoms with Crippen molar-refractivity contribution in [1.82, 2.24) is 20.7 Å². The second-order valence-corrected chi connectivity index (χ2v) is 7.11. The van der Waals surface area contributed by atoms with Gasteiger partial charge in [-0.05, 0) is 49.4 Å². The number of fused-ring (bicyclic) bond motifs is 3. The minimum atomic E-state index is -0.194. The number of carbonyl (C=O) groups excluding carboxylic acids is 2. The third-order valence-corrected chi connectivity index (χ3v) is 6.03. The second-order valence-electron chi connectivity index (χ2n) is 7.11. The van der Waals surface area contributed by atoms with E-state index < -0.39 is 0 Å². The molecule has 0 aromatic heterocycles. The van der Waals surface area contributed by atoms with Gasteiger partial charge < -0.3 is 10.2 Å². The summed E-state index contributed by atoms with van der Waals surface area (Å²) in [6.07, 6.45) is 7.42. The van der Waals surface area contributed by atoms with Gasteiger partial charge in [0.25, 0.3) is 5.91 Å². The zero-order chi connectivity index (χ0) is 15.6. The molecule has 0 spiro atoms. The number of rotatable bonds is 1. The number of piperidine rings is 3. The van der Waals surface area contributed by atoms with Gasteiger partial charge in [-0.25, -0.2) is 5.43 Å². The van der Waals surface area contributed by atoms with Gasteiger partial charge >= 0.3 is 0 Å². The number of nitrogens with one attached hydrogen (secondary N) is 2. The van der Waals surface area contributed by atoms with Gasteiger partial charge in [0.15, 0.2) is 5.78 Å². The molecule has 1 amide bonds. The van der Waals surface area contributed by atoms with Crippen molar-refractivity contribution in [3.63, 3.8) is 0 Å². The summed E-state index contributed by atoms with van der Waals surface area (Å²) in [7, 11) is 0. The number of hydrogen-bond acceptors (Lipinski definition) is 5. The smallest absolute Gasteiger partial charge is 0.257 e. The number of nitrogens with zero attached hydrogens (tertiary/aromatic N) is 2. The van der Waals surface area contributed by atoms with Crippen molar-refractivity contribution in [2.24, 2.45) is 17.8 Å². The Morgan fingerprint density at radius 3 is 2.67 bits per heavy atom. The van der Waals surface area contributed by atoms with E-state index in [0.29, 0.717) is 24.0 Å². The molecule has 0 aromatic carbocycles. The molecule has 6 rings (SSSR count). The van der Waals surface area contributed by atoms with E-state index in [9.17, 15) is 9.59 Å². The molecule has 7 heteroatoms. The Balaban J connectivity index is 0.00000146. The largest absolute Gasteiger partial charge is 0.327 e. The summed E-state index contributed by atoms with van der Waals surface area (Å²) in [4.78, 5) is 27.6. The van der Waals surface area contributed by atoms with Gasteiger partial charge in [-0.15, -0.1) is 12.4 Å². The Morgan fingerprint density at radius 2 is 1.96 bits per heavy atom. The van der Waals surface area contributed by atoms with Gasteiger partial charge in [0, 0.05) is 25.5 Å². The highest BCUT2D eigenvalue weighted by molar-refractivity contribution is 6.09. The maximum Gasteiger partial charge on any atom is 0.257 e. The molecule has 6 aliphatic rings. The number of hydrazine groups is 1. The number of amides is 1. The van der Waals surface area contributed by atoms with E-state index in [2.05, 4.69) is 15.6 Å². The van der Waals surface area contributed by atoms with Gasteiger partial charge in [-0.2, -0.15) is 0 Å². The van der Waals surface area contributed by atoms with Gasteiger partial charge in [-0.3, -0.25) is 14.6 Å².